The van der Waals surface area contributed by atoms with Crippen LogP contribution in [0.25, 0.3) is 15.9 Å². The normalized spacial score (nSPS) is 12.1. The molecule has 146 valence electrons. The topological polar surface area (TPSA) is 90.1 Å². The molecule has 1 N–H and O–H groups in total. The monoisotopic (exact) mass is 406 g/mol. The molecule has 1 amide bonds. The highest BCUT2D eigenvalue weighted by Crippen LogP contribution is 2.31. The first-order valence-corrected chi connectivity index (χ1v) is 9.85. The number of nitrogens with one attached hydrogen (secondary N) is 1. The molecular formula is C21H18N4O3S. The molecule has 4 rings (SSSR count). The van der Waals surface area contributed by atoms with Crippen LogP contribution in [0.4, 0.5) is 5.69 Å². The number of fused-ring (bicyclic) bond motifs is 1. The van der Waals surface area contributed by atoms with Gasteiger partial charge in [-0.15, -0.1) is 11.3 Å². The van der Waals surface area contributed by atoms with Gasteiger partial charge in [0, 0.05) is 17.5 Å². The Morgan fingerprint density at radius 1 is 1.17 bits per heavy atom. The number of hydrogen-bond donors (Lipinski definition) is 1. The molecule has 1 atom stereocenters. The minimum absolute atomic E-state index is 0.00374. The summed E-state index contributed by atoms with van der Waals surface area (Å²) in [5.41, 5.74) is 2.47. The van der Waals surface area contributed by atoms with Crippen molar-refractivity contribution in [3.05, 3.63) is 86.9 Å². The Morgan fingerprint density at radius 2 is 1.93 bits per heavy atom. The molecule has 4 aromatic rings. The number of nitrogens with zero attached hydrogens (tertiary/aromatic N) is 3. The molecule has 2 aromatic carbocycles. The van der Waals surface area contributed by atoms with Crippen LogP contribution < -0.4 is 5.32 Å². The van der Waals surface area contributed by atoms with E-state index in [1.807, 2.05) is 48.0 Å². The van der Waals surface area contributed by atoms with E-state index < -0.39 is 4.92 Å². The smallest absolute Gasteiger partial charge is 0.269 e. The summed E-state index contributed by atoms with van der Waals surface area (Å²) in [5.74, 6) is -0.218. The average molecular weight is 406 g/mol. The minimum atomic E-state index is -0.442. The van der Waals surface area contributed by atoms with Gasteiger partial charge >= 0.3 is 0 Å². The van der Waals surface area contributed by atoms with E-state index in [2.05, 4.69) is 10.4 Å². The van der Waals surface area contributed by atoms with Crippen molar-refractivity contribution in [2.45, 2.75) is 19.9 Å². The van der Waals surface area contributed by atoms with E-state index in [-0.39, 0.29) is 17.6 Å². The molecule has 29 heavy (non-hydrogen) atoms. The lowest BCUT2D eigenvalue weighted by atomic mass is 10.1. The van der Waals surface area contributed by atoms with Crippen LogP contribution in [0.2, 0.25) is 0 Å². The Morgan fingerprint density at radius 3 is 2.66 bits per heavy atom. The van der Waals surface area contributed by atoms with Crippen LogP contribution in [0, 0.1) is 17.0 Å². The number of benzene rings is 2. The van der Waals surface area contributed by atoms with Gasteiger partial charge in [0.1, 0.15) is 4.83 Å². The largest absolute Gasteiger partial charge is 0.345 e. The lowest BCUT2D eigenvalue weighted by Crippen LogP contribution is -2.25. The Labute approximate surface area is 170 Å². The number of rotatable bonds is 5. The molecule has 8 heteroatoms. The van der Waals surface area contributed by atoms with E-state index in [4.69, 9.17) is 0 Å². The third kappa shape index (κ3) is 3.62. The molecule has 0 aliphatic heterocycles. The summed E-state index contributed by atoms with van der Waals surface area (Å²) in [6.45, 7) is 3.73. The number of nitro benzene ring substituents is 1. The number of para-hydroxylation sites is 1. The van der Waals surface area contributed by atoms with E-state index in [1.165, 1.54) is 23.5 Å². The predicted octanol–water partition coefficient (Wildman–Crippen LogP) is 4.79. The van der Waals surface area contributed by atoms with Gasteiger partial charge in [-0.1, -0.05) is 30.3 Å². The number of amides is 1. The highest BCUT2D eigenvalue weighted by molar-refractivity contribution is 7.20. The maximum atomic E-state index is 12.8. The molecule has 0 bridgehead atoms. The third-order valence-electron chi connectivity index (χ3n) is 4.70. The summed E-state index contributed by atoms with van der Waals surface area (Å²) in [4.78, 5) is 24.8. The first-order chi connectivity index (χ1) is 13.9. The summed E-state index contributed by atoms with van der Waals surface area (Å²) in [6, 6.07) is 17.5. The molecule has 2 heterocycles. The van der Waals surface area contributed by atoms with Crippen LogP contribution in [-0.2, 0) is 0 Å². The molecule has 0 spiro atoms. The zero-order chi connectivity index (χ0) is 20.5. The van der Waals surface area contributed by atoms with E-state index in [0.717, 1.165) is 21.6 Å². The second-order valence-corrected chi connectivity index (χ2v) is 7.74. The molecule has 7 nitrogen and oxygen atoms in total. The van der Waals surface area contributed by atoms with Crippen molar-refractivity contribution < 1.29 is 9.72 Å². The highest BCUT2D eigenvalue weighted by atomic mass is 32.1. The Balaban J connectivity index is 1.61. The van der Waals surface area contributed by atoms with Crippen LogP contribution in [0.5, 0.6) is 0 Å². The molecular weight excluding hydrogens is 388 g/mol. The van der Waals surface area contributed by atoms with Crippen LogP contribution in [0.1, 0.15) is 33.9 Å². The number of nitro groups is 1. The predicted molar refractivity (Wildman–Crippen MR) is 113 cm³/mol. The molecule has 0 saturated heterocycles. The fourth-order valence-corrected chi connectivity index (χ4v) is 4.25. The maximum Gasteiger partial charge on any atom is 0.269 e. The van der Waals surface area contributed by atoms with Gasteiger partial charge in [0.05, 0.1) is 27.2 Å². The van der Waals surface area contributed by atoms with Crippen molar-refractivity contribution in [2.75, 3.05) is 0 Å². The van der Waals surface area contributed by atoms with Crippen molar-refractivity contribution in [3.63, 3.8) is 0 Å². The van der Waals surface area contributed by atoms with Gasteiger partial charge in [-0.2, -0.15) is 5.10 Å². The first kappa shape index (κ1) is 18.8. The van der Waals surface area contributed by atoms with Crippen LogP contribution in [0.15, 0.2) is 60.7 Å². The van der Waals surface area contributed by atoms with Crippen molar-refractivity contribution in [3.8, 4) is 5.69 Å². The van der Waals surface area contributed by atoms with E-state index in [9.17, 15) is 14.9 Å². The van der Waals surface area contributed by atoms with Gasteiger partial charge in [-0.25, -0.2) is 4.68 Å². The van der Waals surface area contributed by atoms with E-state index in [1.54, 1.807) is 19.1 Å². The Bertz CT molecular complexity index is 1210. The average Bonchev–Trinajstić information content (AvgIpc) is 3.29. The van der Waals surface area contributed by atoms with Crippen LogP contribution >= 0.6 is 11.3 Å². The molecule has 0 radical (unpaired) electrons. The summed E-state index contributed by atoms with van der Waals surface area (Å²) in [5, 5.41) is 19.4. The van der Waals surface area contributed by atoms with Crippen molar-refractivity contribution in [1.82, 2.24) is 15.1 Å². The van der Waals surface area contributed by atoms with Crippen molar-refractivity contribution >= 4 is 33.1 Å². The number of carbonyl (C=O) groups is 1. The number of aryl methyl sites for hydroxylation is 1. The van der Waals surface area contributed by atoms with E-state index >= 15 is 0 Å². The number of aromatic nitrogens is 2. The molecule has 0 aliphatic rings. The van der Waals surface area contributed by atoms with Gasteiger partial charge in [0.15, 0.2) is 0 Å². The molecule has 0 saturated carbocycles. The molecule has 0 aliphatic carbocycles. The summed E-state index contributed by atoms with van der Waals surface area (Å²) >= 11 is 1.37. The second kappa shape index (κ2) is 7.48. The van der Waals surface area contributed by atoms with Crippen LogP contribution in [0.3, 0.4) is 0 Å². The summed E-state index contributed by atoms with van der Waals surface area (Å²) in [6.07, 6.45) is 0. The van der Waals surface area contributed by atoms with E-state index in [0.29, 0.717) is 10.4 Å². The number of hydrogen-bond acceptors (Lipinski definition) is 5. The highest BCUT2D eigenvalue weighted by Gasteiger charge is 2.19. The van der Waals surface area contributed by atoms with Gasteiger partial charge in [0.25, 0.3) is 11.6 Å². The maximum absolute atomic E-state index is 12.8. The lowest BCUT2D eigenvalue weighted by molar-refractivity contribution is -0.384. The zero-order valence-electron chi connectivity index (χ0n) is 15.8. The third-order valence-corrected chi connectivity index (χ3v) is 5.81. The molecule has 2 aromatic heterocycles. The first-order valence-electron chi connectivity index (χ1n) is 9.04. The zero-order valence-corrected chi connectivity index (χ0v) is 16.6. The number of non-ortho nitro benzene ring substituents is 1. The van der Waals surface area contributed by atoms with Gasteiger partial charge in [-0.05, 0) is 37.6 Å². The Kier molecular flexibility index (Phi) is 4.85. The van der Waals surface area contributed by atoms with Crippen molar-refractivity contribution in [1.29, 1.82) is 0 Å². The molecule has 0 fully saturated rings. The second-order valence-electron chi connectivity index (χ2n) is 6.71. The summed E-state index contributed by atoms with van der Waals surface area (Å²) in [7, 11) is 0. The quantitative estimate of drug-likeness (QED) is 0.381. The minimum Gasteiger partial charge on any atom is -0.345 e. The van der Waals surface area contributed by atoms with Crippen molar-refractivity contribution in [2.24, 2.45) is 0 Å². The lowest BCUT2D eigenvalue weighted by Gasteiger charge is -2.13. The van der Waals surface area contributed by atoms with Crippen LogP contribution in [-0.4, -0.2) is 20.6 Å². The number of thiophene rings is 1. The summed E-state index contributed by atoms with van der Waals surface area (Å²) < 4.78 is 1.84. The Hall–Kier alpha value is -3.52. The fourth-order valence-electron chi connectivity index (χ4n) is 3.16. The fraction of sp³-hybridized carbons (Fsp3) is 0.143. The van der Waals surface area contributed by atoms with Gasteiger partial charge in [0.2, 0.25) is 0 Å². The molecule has 1 unspecified atom stereocenters. The van der Waals surface area contributed by atoms with Gasteiger partial charge < -0.3 is 5.32 Å². The SMILES string of the molecule is Cc1nn(-c2ccccc2)c2sc(C(=O)NC(C)c3cccc([N+](=O)[O-])c3)cc12. The van der Waals surface area contributed by atoms with Gasteiger partial charge in [-0.3, -0.25) is 14.9 Å². The standard InChI is InChI=1S/C21H18N4O3S/c1-13(15-7-6-10-17(11-15)25(27)28)22-20(26)19-12-18-14(2)23-24(21(18)29-19)16-8-4-3-5-9-16/h3-13H,1-2H3,(H,22,26). The number of carbonyl (C=O) groups excluding carboxylic acids is 1.